The number of carboxylic acids is 1. The molecule has 0 bridgehead atoms. The molecule has 1 heterocycles. The lowest BCUT2D eigenvalue weighted by atomic mass is 10.2. The standard InChI is InChI=1S/C10H16ClN3O4S/c1-4-7(2)14(6-9(15)16)19(17,18)10-8(11)5-12-13(10)3/h5,7H,4,6H2,1-3H3,(H,15,16). The number of halogens is 1. The average Bonchev–Trinajstić information content (AvgIpc) is 2.65. The Labute approximate surface area is 116 Å². The minimum Gasteiger partial charge on any atom is -0.480 e. The lowest BCUT2D eigenvalue weighted by Gasteiger charge is -2.25. The Bertz CT molecular complexity index is 550. The molecule has 0 aliphatic rings. The molecule has 1 aromatic rings. The van der Waals surface area contributed by atoms with Crippen molar-refractivity contribution < 1.29 is 18.3 Å². The lowest BCUT2D eigenvalue weighted by molar-refractivity contribution is -0.137. The molecule has 108 valence electrons. The van der Waals surface area contributed by atoms with Gasteiger partial charge in [-0.05, 0) is 13.3 Å². The molecule has 0 saturated carbocycles. The molecule has 1 rings (SSSR count). The first-order valence-corrected chi connectivity index (χ1v) is 7.44. The Morgan fingerprint density at radius 3 is 2.58 bits per heavy atom. The molecular weight excluding hydrogens is 294 g/mol. The number of hydrogen-bond donors (Lipinski definition) is 1. The Balaban J connectivity index is 3.31. The number of hydrogen-bond acceptors (Lipinski definition) is 4. The maximum Gasteiger partial charge on any atom is 0.318 e. The van der Waals surface area contributed by atoms with Gasteiger partial charge < -0.3 is 5.11 Å². The minimum atomic E-state index is -4.00. The zero-order valence-corrected chi connectivity index (χ0v) is 12.4. The van der Waals surface area contributed by atoms with E-state index in [-0.39, 0.29) is 10.0 Å². The van der Waals surface area contributed by atoms with Gasteiger partial charge in [0.25, 0.3) is 10.0 Å². The van der Waals surface area contributed by atoms with Crippen LogP contribution in [0.3, 0.4) is 0 Å². The van der Waals surface area contributed by atoms with Gasteiger partial charge in [0.1, 0.15) is 6.54 Å². The van der Waals surface area contributed by atoms with E-state index in [1.807, 2.05) is 0 Å². The van der Waals surface area contributed by atoms with Gasteiger partial charge in [0.05, 0.1) is 11.2 Å². The number of carbonyl (C=O) groups is 1. The molecule has 0 aliphatic heterocycles. The van der Waals surface area contributed by atoms with E-state index in [4.69, 9.17) is 16.7 Å². The number of nitrogens with zero attached hydrogens (tertiary/aromatic N) is 3. The second-order valence-corrected chi connectivity index (χ2v) is 6.34. The van der Waals surface area contributed by atoms with E-state index in [0.29, 0.717) is 6.42 Å². The number of sulfonamides is 1. The van der Waals surface area contributed by atoms with Crippen molar-refractivity contribution in [1.82, 2.24) is 14.1 Å². The fraction of sp³-hybridized carbons (Fsp3) is 0.600. The maximum atomic E-state index is 12.5. The number of carboxylic acid groups (broad SMARTS) is 1. The van der Waals surface area contributed by atoms with E-state index in [9.17, 15) is 13.2 Å². The van der Waals surface area contributed by atoms with Gasteiger partial charge >= 0.3 is 5.97 Å². The second kappa shape index (κ2) is 5.89. The largest absolute Gasteiger partial charge is 0.480 e. The smallest absolute Gasteiger partial charge is 0.318 e. The molecule has 1 N–H and O–H groups in total. The van der Waals surface area contributed by atoms with E-state index in [0.717, 1.165) is 8.99 Å². The van der Waals surface area contributed by atoms with Crippen molar-refractivity contribution in [3.8, 4) is 0 Å². The zero-order valence-electron chi connectivity index (χ0n) is 10.9. The van der Waals surface area contributed by atoms with Gasteiger partial charge in [-0.15, -0.1) is 0 Å². The summed E-state index contributed by atoms with van der Waals surface area (Å²) in [6, 6.07) is -0.452. The molecule has 1 atom stereocenters. The van der Waals surface area contributed by atoms with Gasteiger partial charge in [0.15, 0.2) is 5.03 Å². The fourth-order valence-corrected chi connectivity index (χ4v) is 3.88. The Morgan fingerprint density at radius 2 is 2.21 bits per heavy atom. The van der Waals surface area contributed by atoms with Gasteiger partial charge in [-0.25, -0.2) is 8.42 Å². The predicted molar refractivity (Wildman–Crippen MR) is 69.5 cm³/mol. The molecule has 19 heavy (non-hydrogen) atoms. The molecule has 1 unspecified atom stereocenters. The van der Waals surface area contributed by atoms with Crippen molar-refractivity contribution in [2.45, 2.75) is 31.3 Å². The molecule has 9 heteroatoms. The fourth-order valence-electron chi connectivity index (χ4n) is 1.62. The Hall–Kier alpha value is -1.12. The number of aromatic nitrogens is 2. The van der Waals surface area contributed by atoms with Gasteiger partial charge in [-0.3, -0.25) is 9.48 Å². The van der Waals surface area contributed by atoms with Crippen LogP contribution in [-0.2, 0) is 21.9 Å². The molecule has 1 aromatic heterocycles. The van der Waals surface area contributed by atoms with Crippen LogP contribution in [0.15, 0.2) is 11.2 Å². The highest BCUT2D eigenvalue weighted by Gasteiger charge is 2.34. The lowest BCUT2D eigenvalue weighted by Crippen LogP contribution is -2.42. The van der Waals surface area contributed by atoms with E-state index in [2.05, 4.69) is 5.10 Å². The number of aryl methyl sites for hydroxylation is 1. The monoisotopic (exact) mass is 309 g/mol. The van der Waals surface area contributed by atoms with E-state index >= 15 is 0 Å². The van der Waals surface area contributed by atoms with E-state index < -0.39 is 28.6 Å². The summed E-state index contributed by atoms with van der Waals surface area (Å²) in [7, 11) is -2.57. The van der Waals surface area contributed by atoms with Crippen molar-refractivity contribution >= 4 is 27.6 Å². The molecule has 0 aliphatic carbocycles. The van der Waals surface area contributed by atoms with Gasteiger partial charge in [-0.2, -0.15) is 9.40 Å². The quantitative estimate of drug-likeness (QED) is 0.844. The molecule has 0 radical (unpaired) electrons. The third-order valence-corrected chi connectivity index (χ3v) is 5.24. The van der Waals surface area contributed by atoms with Crippen LogP contribution in [0.4, 0.5) is 0 Å². The second-order valence-electron chi connectivity index (χ2n) is 4.12. The third-order valence-electron chi connectivity index (χ3n) is 2.77. The molecule has 0 spiro atoms. The van der Waals surface area contributed by atoms with Crippen molar-refractivity contribution in [2.24, 2.45) is 7.05 Å². The van der Waals surface area contributed by atoms with Crippen LogP contribution in [0.5, 0.6) is 0 Å². The van der Waals surface area contributed by atoms with Crippen molar-refractivity contribution in [1.29, 1.82) is 0 Å². The number of rotatable bonds is 6. The van der Waals surface area contributed by atoms with Crippen LogP contribution in [0.1, 0.15) is 20.3 Å². The summed E-state index contributed by atoms with van der Waals surface area (Å²) in [4.78, 5) is 10.9. The summed E-state index contributed by atoms with van der Waals surface area (Å²) >= 11 is 5.82. The molecule has 0 saturated heterocycles. The van der Waals surface area contributed by atoms with Crippen LogP contribution in [-0.4, -0.2) is 46.2 Å². The normalized spacial score (nSPS) is 13.7. The van der Waals surface area contributed by atoms with E-state index in [1.165, 1.54) is 13.2 Å². The van der Waals surface area contributed by atoms with Crippen LogP contribution in [0.2, 0.25) is 5.02 Å². The summed E-state index contributed by atoms with van der Waals surface area (Å²) in [5.41, 5.74) is 0. The molecular formula is C10H16ClN3O4S. The number of aliphatic carboxylic acids is 1. The topological polar surface area (TPSA) is 92.5 Å². The van der Waals surface area contributed by atoms with Crippen molar-refractivity contribution in [3.05, 3.63) is 11.2 Å². The third kappa shape index (κ3) is 3.26. The summed E-state index contributed by atoms with van der Waals surface area (Å²) in [5, 5.41) is 12.4. The summed E-state index contributed by atoms with van der Waals surface area (Å²) in [6.07, 6.45) is 1.70. The molecule has 7 nitrogen and oxygen atoms in total. The van der Waals surface area contributed by atoms with Crippen LogP contribution in [0.25, 0.3) is 0 Å². The zero-order chi connectivity index (χ0) is 14.8. The van der Waals surface area contributed by atoms with E-state index in [1.54, 1.807) is 13.8 Å². The van der Waals surface area contributed by atoms with Gasteiger partial charge in [0.2, 0.25) is 0 Å². The maximum absolute atomic E-state index is 12.5. The highest BCUT2D eigenvalue weighted by Crippen LogP contribution is 2.25. The highest BCUT2D eigenvalue weighted by molar-refractivity contribution is 7.89. The molecule has 0 aromatic carbocycles. The van der Waals surface area contributed by atoms with Gasteiger partial charge in [-0.1, -0.05) is 18.5 Å². The summed E-state index contributed by atoms with van der Waals surface area (Å²) in [5.74, 6) is -1.22. The van der Waals surface area contributed by atoms with Crippen LogP contribution in [0, 0.1) is 0 Å². The highest BCUT2D eigenvalue weighted by atomic mass is 35.5. The Morgan fingerprint density at radius 1 is 1.63 bits per heavy atom. The van der Waals surface area contributed by atoms with Crippen molar-refractivity contribution in [3.63, 3.8) is 0 Å². The van der Waals surface area contributed by atoms with Crippen LogP contribution >= 0.6 is 11.6 Å². The van der Waals surface area contributed by atoms with Crippen LogP contribution < -0.4 is 0 Å². The summed E-state index contributed by atoms with van der Waals surface area (Å²) < 4.78 is 27.0. The minimum absolute atomic E-state index is 0.0267. The first-order valence-electron chi connectivity index (χ1n) is 5.63. The SMILES string of the molecule is CCC(C)N(CC(=O)O)S(=O)(=O)c1c(Cl)cnn1C. The van der Waals surface area contributed by atoms with Crippen molar-refractivity contribution in [2.75, 3.05) is 6.54 Å². The first kappa shape index (κ1) is 15.9. The molecule has 0 fully saturated rings. The van der Waals surface area contributed by atoms with Gasteiger partial charge in [0, 0.05) is 13.1 Å². The predicted octanol–water partition coefficient (Wildman–Crippen LogP) is 0.947. The average molecular weight is 310 g/mol. The molecule has 0 amide bonds. The Kier molecular flexibility index (Phi) is 4.94. The summed E-state index contributed by atoms with van der Waals surface area (Å²) in [6.45, 7) is 2.81. The first-order chi connectivity index (χ1) is 8.71.